The van der Waals surface area contributed by atoms with Crippen LogP contribution in [0.1, 0.15) is 43.7 Å². The summed E-state index contributed by atoms with van der Waals surface area (Å²) in [5.74, 6) is 0.908. The summed E-state index contributed by atoms with van der Waals surface area (Å²) >= 11 is 0. The first-order chi connectivity index (χ1) is 14.4. The second-order valence-corrected chi connectivity index (χ2v) is 7.78. The smallest absolute Gasteiger partial charge is 0.229 e. The van der Waals surface area contributed by atoms with Gasteiger partial charge in [0.1, 0.15) is 0 Å². The number of methoxy groups -OCH3 is 2. The lowest BCUT2D eigenvalue weighted by atomic mass is 9.96. The average molecular weight is 411 g/mol. The summed E-state index contributed by atoms with van der Waals surface area (Å²) in [5.41, 5.74) is 3.58. The number of amides is 2. The highest BCUT2D eigenvalue weighted by Gasteiger charge is 2.36. The second-order valence-electron chi connectivity index (χ2n) is 7.78. The summed E-state index contributed by atoms with van der Waals surface area (Å²) in [7, 11) is 3.13. The number of benzene rings is 2. The highest BCUT2D eigenvalue weighted by Crippen LogP contribution is 2.35. The van der Waals surface area contributed by atoms with Crippen molar-refractivity contribution in [2.24, 2.45) is 5.92 Å². The van der Waals surface area contributed by atoms with Crippen LogP contribution in [-0.4, -0.2) is 32.6 Å². The number of nitrogens with one attached hydrogen (secondary N) is 1. The zero-order chi connectivity index (χ0) is 21.8. The summed E-state index contributed by atoms with van der Waals surface area (Å²) in [6, 6.07) is 11.5. The number of carbonyl (C=O) groups is 2. The maximum atomic E-state index is 13.0. The SMILES string of the molecule is CC[C@@H](C)c1ccccc1N1C[C@H](C(=O)Nc2cc(OC)c(OC)cc2C)CC1=O. The molecule has 1 heterocycles. The van der Waals surface area contributed by atoms with Crippen LogP contribution < -0.4 is 19.7 Å². The van der Waals surface area contributed by atoms with E-state index in [1.807, 2.05) is 31.2 Å². The maximum Gasteiger partial charge on any atom is 0.229 e. The first-order valence-electron chi connectivity index (χ1n) is 10.3. The zero-order valence-electron chi connectivity index (χ0n) is 18.3. The number of ether oxygens (including phenoxy) is 2. The molecule has 1 fully saturated rings. The van der Waals surface area contributed by atoms with Gasteiger partial charge in [-0.3, -0.25) is 9.59 Å². The molecule has 0 spiro atoms. The van der Waals surface area contributed by atoms with E-state index in [9.17, 15) is 9.59 Å². The molecule has 2 amide bonds. The minimum Gasteiger partial charge on any atom is -0.493 e. The van der Waals surface area contributed by atoms with Crippen molar-refractivity contribution in [2.45, 2.75) is 39.5 Å². The Balaban J connectivity index is 1.78. The minimum atomic E-state index is -0.407. The van der Waals surface area contributed by atoms with Crippen LogP contribution in [0.25, 0.3) is 0 Å². The Kier molecular flexibility index (Phi) is 6.65. The van der Waals surface area contributed by atoms with Gasteiger partial charge in [0.2, 0.25) is 11.8 Å². The van der Waals surface area contributed by atoms with Crippen LogP contribution in [-0.2, 0) is 9.59 Å². The third-order valence-electron chi connectivity index (χ3n) is 5.86. The second kappa shape index (κ2) is 9.20. The Morgan fingerprint density at radius 3 is 2.53 bits per heavy atom. The van der Waals surface area contributed by atoms with E-state index < -0.39 is 5.92 Å². The van der Waals surface area contributed by atoms with Crippen molar-refractivity contribution in [2.75, 3.05) is 31.0 Å². The van der Waals surface area contributed by atoms with Gasteiger partial charge < -0.3 is 19.7 Å². The summed E-state index contributed by atoms with van der Waals surface area (Å²) in [5, 5.41) is 2.97. The lowest BCUT2D eigenvalue weighted by Gasteiger charge is -2.23. The molecular weight excluding hydrogens is 380 g/mol. The standard InChI is InChI=1S/C24H30N2O4/c1-6-15(2)18-9-7-8-10-20(18)26-14-17(12-23(26)27)24(28)25-19-13-22(30-5)21(29-4)11-16(19)3/h7-11,13,15,17H,6,12,14H2,1-5H3,(H,25,28)/t15-,17-/m1/s1. The monoisotopic (exact) mass is 410 g/mol. The molecule has 3 rings (SSSR count). The number of nitrogens with zero attached hydrogens (tertiary/aromatic N) is 1. The molecule has 2 aromatic rings. The van der Waals surface area contributed by atoms with Crippen molar-refractivity contribution < 1.29 is 19.1 Å². The molecule has 0 radical (unpaired) electrons. The fourth-order valence-electron chi connectivity index (χ4n) is 3.84. The van der Waals surface area contributed by atoms with Crippen LogP contribution in [0.3, 0.4) is 0 Å². The maximum absolute atomic E-state index is 13.0. The van der Waals surface area contributed by atoms with E-state index in [2.05, 4.69) is 25.2 Å². The minimum absolute atomic E-state index is 0.0186. The lowest BCUT2D eigenvalue weighted by Crippen LogP contribution is -2.29. The fourth-order valence-corrected chi connectivity index (χ4v) is 3.84. The molecule has 0 aliphatic carbocycles. The number of hydrogen-bond donors (Lipinski definition) is 1. The Morgan fingerprint density at radius 1 is 1.20 bits per heavy atom. The van der Waals surface area contributed by atoms with Crippen LogP contribution in [0, 0.1) is 12.8 Å². The van der Waals surface area contributed by atoms with Crippen LogP contribution in [0.2, 0.25) is 0 Å². The van der Waals surface area contributed by atoms with E-state index in [0.717, 1.165) is 23.2 Å². The van der Waals surface area contributed by atoms with Gasteiger partial charge in [0, 0.05) is 30.4 Å². The molecule has 1 aliphatic rings. The molecule has 30 heavy (non-hydrogen) atoms. The summed E-state index contributed by atoms with van der Waals surface area (Å²) in [4.78, 5) is 27.5. The van der Waals surface area contributed by atoms with E-state index in [1.165, 1.54) is 0 Å². The van der Waals surface area contributed by atoms with Crippen LogP contribution in [0.4, 0.5) is 11.4 Å². The topological polar surface area (TPSA) is 67.9 Å². The highest BCUT2D eigenvalue weighted by atomic mass is 16.5. The molecule has 1 N–H and O–H groups in total. The Morgan fingerprint density at radius 2 is 1.87 bits per heavy atom. The van der Waals surface area contributed by atoms with E-state index in [4.69, 9.17) is 9.47 Å². The summed E-state index contributed by atoms with van der Waals surface area (Å²) in [6.45, 7) is 6.56. The molecule has 0 saturated carbocycles. The number of para-hydroxylation sites is 1. The van der Waals surface area contributed by atoms with Crippen LogP contribution >= 0.6 is 0 Å². The van der Waals surface area contributed by atoms with Gasteiger partial charge >= 0.3 is 0 Å². The Labute approximate surface area is 178 Å². The van der Waals surface area contributed by atoms with E-state index >= 15 is 0 Å². The predicted molar refractivity (Wildman–Crippen MR) is 119 cm³/mol. The third-order valence-corrected chi connectivity index (χ3v) is 5.86. The number of rotatable bonds is 7. The molecule has 1 aliphatic heterocycles. The van der Waals surface area contributed by atoms with Crippen LogP contribution in [0.15, 0.2) is 36.4 Å². The molecule has 0 unspecified atom stereocenters. The van der Waals surface area contributed by atoms with Crippen molar-refractivity contribution in [3.8, 4) is 11.5 Å². The molecule has 6 nitrogen and oxygen atoms in total. The van der Waals surface area contributed by atoms with Crippen molar-refractivity contribution in [1.29, 1.82) is 0 Å². The predicted octanol–water partition coefficient (Wildman–Crippen LogP) is 4.52. The number of hydrogen-bond acceptors (Lipinski definition) is 4. The molecule has 6 heteroatoms. The largest absolute Gasteiger partial charge is 0.493 e. The molecule has 0 aromatic heterocycles. The average Bonchev–Trinajstić information content (AvgIpc) is 3.15. The van der Waals surface area contributed by atoms with Crippen molar-refractivity contribution in [1.82, 2.24) is 0 Å². The van der Waals surface area contributed by atoms with Gasteiger partial charge in [-0.2, -0.15) is 0 Å². The van der Waals surface area contributed by atoms with E-state index in [1.54, 1.807) is 25.2 Å². The van der Waals surface area contributed by atoms with Gasteiger partial charge in [-0.05, 0) is 42.5 Å². The Hall–Kier alpha value is -3.02. The molecular formula is C24H30N2O4. The number of carbonyl (C=O) groups excluding carboxylic acids is 2. The van der Waals surface area contributed by atoms with Crippen molar-refractivity contribution >= 4 is 23.2 Å². The first kappa shape index (κ1) is 21.7. The normalized spacial score (nSPS) is 17.0. The Bertz CT molecular complexity index is 941. The van der Waals surface area contributed by atoms with Gasteiger partial charge in [-0.15, -0.1) is 0 Å². The van der Waals surface area contributed by atoms with Gasteiger partial charge in [0.25, 0.3) is 0 Å². The lowest BCUT2D eigenvalue weighted by molar-refractivity contribution is -0.122. The fraction of sp³-hybridized carbons (Fsp3) is 0.417. The van der Waals surface area contributed by atoms with Gasteiger partial charge in [-0.1, -0.05) is 32.0 Å². The summed E-state index contributed by atoms with van der Waals surface area (Å²) < 4.78 is 10.6. The molecule has 2 aromatic carbocycles. The highest BCUT2D eigenvalue weighted by molar-refractivity contribution is 6.04. The van der Waals surface area contributed by atoms with Gasteiger partial charge in [-0.25, -0.2) is 0 Å². The van der Waals surface area contributed by atoms with Crippen LogP contribution in [0.5, 0.6) is 11.5 Å². The molecule has 160 valence electrons. The van der Waals surface area contributed by atoms with E-state index in [0.29, 0.717) is 29.6 Å². The number of anilines is 2. The van der Waals surface area contributed by atoms with Gasteiger partial charge in [0.05, 0.1) is 20.1 Å². The molecule has 0 bridgehead atoms. The van der Waals surface area contributed by atoms with E-state index in [-0.39, 0.29) is 18.2 Å². The quantitative estimate of drug-likeness (QED) is 0.729. The van der Waals surface area contributed by atoms with Crippen molar-refractivity contribution in [3.05, 3.63) is 47.5 Å². The zero-order valence-corrected chi connectivity index (χ0v) is 18.3. The van der Waals surface area contributed by atoms with Gasteiger partial charge in [0.15, 0.2) is 11.5 Å². The van der Waals surface area contributed by atoms with Crippen molar-refractivity contribution in [3.63, 3.8) is 0 Å². The molecule has 1 saturated heterocycles. The molecule has 2 atom stereocenters. The number of aryl methyl sites for hydroxylation is 1. The summed E-state index contributed by atoms with van der Waals surface area (Å²) in [6.07, 6.45) is 1.19. The third kappa shape index (κ3) is 4.27. The first-order valence-corrected chi connectivity index (χ1v) is 10.3.